The van der Waals surface area contributed by atoms with Crippen LogP contribution in [-0.4, -0.2) is 17.5 Å². The molecule has 0 saturated heterocycles. The number of carbonyl (C=O) groups is 1. The molecule has 0 amide bonds. The maximum atomic E-state index is 12.4. The standard InChI is InChI=1S/C23H38O2/c1-4-23-12-9-15(2)13-16(23)5-6-17-18-7-8-20(21(25)14-24)22(18,3)11-10-19(17)23/h15-20,24H,4-14H2,1-3H3. The van der Waals surface area contributed by atoms with Gasteiger partial charge in [0.05, 0.1) is 0 Å². The molecule has 25 heavy (non-hydrogen) atoms. The normalized spacial score (nSPS) is 52.2. The molecule has 0 heterocycles. The van der Waals surface area contributed by atoms with E-state index in [2.05, 4.69) is 20.8 Å². The Morgan fingerprint density at radius 1 is 1.04 bits per heavy atom. The lowest BCUT2D eigenvalue weighted by Gasteiger charge is -2.62. The van der Waals surface area contributed by atoms with E-state index < -0.39 is 0 Å². The molecule has 4 fully saturated rings. The van der Waals surface area contributed by atoms with Crippen molar-refractivity contribution in [3.8, 4) is 0 Å². The minimum atomic E-state index is -0.250. The van der Waals surface area contributed by atoms with Crippen LogP contribution in [0.15, 0.2) is 0 Å². The lowest BCUT2D eigenvalue weighted by atomic mass is 9.43. The molecule has 8 unspecified atom stereocenters. The van der Waals surface area contributed by atoms with Gasteiger partial charge in [0.15, 0.2) is 5.78 Å². The highest BCUT2D eigenvalue weighted by atomic mass is 16.3. The van der Waals surface area contributed by atoms with Gasteiger partial charge in [0.25, 0.3) is 0 Å². The summed E-state index contributed by atoms with van der Waals surface area (Å²) in [5.74, 6) is 4.62. The SMILES string of the molecule is CCC12CCC(C)CC1CCC1C3CCC(C(=O)CO)C3(C)CCC12. The molecule has 0 spiro atoms. The van der Waals surface area contributed by atoms with Gasteiger partial charge in [-0.3, -0.25) is 4.79 Å². The summed E-state index contributed by atoms with van der Waals surface area (Å²) in [6.45, 7) is 7.07. The average molecular weight is 347 g/mol. The minimum Gasteiger partial charge on any atom is -0.389 e. The highest BCUT2D eigenvalue weighted by Gasteiger charge is 2.61. The third-order valence-electron chi connectivity index (χ3n) is 9.83. The second kappa shape index (κ2) is 6.36. The summed E-state index contributed by atoms with van der Waals surface area (Å²) in [6, 6.07) is 0. The van der Waals surface area contributed by atoms with Gasteiger partial charge in [-0.2, -0.15) is 0 Å². The third kappa shape index (κ3) is 2.49. The third-order valence-corrected chi connectivity index (χ3v) is 9.83. The second-order valence-corrected chi connectivity index (χ2v) is 10.4. The van der Waals surface area contributed by atoms with Gasteiger partial charge in [0.1, 0.15) is 6.61 Å². The molecule has 142 valence electrons. The Bertz CT molecular complexity index is 528. The predicted molar refractivity (Wildman–Crippen MR) is 101 cm³/mol. The molecular formula is C23H38O2. The van der Waals surface area contributed by atoms with Crippen LogP contribution < -0.4 is 0 Å². The van der Waals surface area contributed by atoms with Crippen LogP contribution >= 0.6 is 0 Å². The first-order valence-corrected chi connectivity index (χ1v) is 11.1. The number of hydrogen-bond acceptors (Lipinski definition) is 2. The summed E-state index contributed by atoms with van der Waals surface area (Å²) in [6.07, 6.45) is 13.4. The van der Waals surface area contributed by atoms with Crippen molar-refractivity contribution in [2.75, 3.05) is 6.61 Å². The number of ketones is 1. The van der Waals surface area contributed by atoms with E-state index in [0.717, 1.165) is 36.0 Å². The van der Waals surface area contributed by atoms with Crippen molar-refractivity contribution in [2.45, 2.75) is 85.0 Å². The van der Waals surface area contributed by atoms with Gasteiger partial charge in [-0.25, -0.2) is 0 Å². The van der Waals surface area contributed by atoms with E-state index in [4.69, 9.17) is 0 Å². The van der Waals surface area contributed by atoms with Gasteiger partial charge in [-0.05, 0) is 98.2 Å². The van der Waals surface area contributed by atoms with Crippen molar-refractivity contribution in [1.29, 1.82) is 0 Å². The summed E-state index contributed by atoms with van der Waals surface area (Å²) >= 11 is 0. The summed E-state index contributed by atoms with van der Waals surface area (Å²) in [7, 11) is 0. The number of carbonyl (C=O) groups excluding carboxylic acids is 1. The van der Waals surface area contributed by atoms with E-state index >= 15 is 0 Å². The van der Waals surface area contributed by atoms with Crippen molar-refractivity contribution < 1.29 is 9.90 Å². The Balaban J connectivity index is 1.62. The molecule has 2 heteroatoms. The average Bonchev–Trinajstić information content (AvgIpc) is 2.98. The monoisotopic (exact) mass is 346 g/mol. The van der Waals surface area contributed by atoms with Crippen LogP contribution in [0.1, 0.15) is 85.0 Å². The van der Waals surface area contributed by atoms with E-state index in [1.807, 2.05) is 0 Å². The first kappa shape index (κ1) is 18.0. The molecule has 1 N–H and O–H groups in total. The number of aliphatic hydroxyl groups excluding tert-OH is 1. The van der Waals surface area contributed by atoms with Gasteiger partial charge in [-0.15, -0.1) is 0 Å². The fraction of sp³-hybridized carbons (Fsp3) is 0.957. The molecule has 0 aromatic carbocycles. The molecule has 0 aromatic rings. The number of fused-ring (bicyclic) bond motifs is 5. The Labute approximate surface area is 154 Å². The smallest absolute Gasteiger partial charge is 0.161 e. The first-order chi connectivity index (χ1) is 12.0. The largest absolute Gasteiger partial charge is 0.389 e. The van der Waals surface area contributed by atoms with E-state index in [1.54, 1.807) is 0 Å². The van der Waals surface area contributed by atoms with Gasteiger partial charge in [0, 0.05) is 5.92 Å². The molecule has 4 aliphatic rings. The highest BCUT2D eigenvalue weighted by Crippen LogP contribution is 2.68. The van der Waals surface area contributed by atoms with Crippen molar-refractivity contribution in [3.63, 3.8) is 0 Å². The Kier molecular flexibility index (Phi) is 4.58. The van der Waals surface area contributed by atoms with Crippen LogP contribution in [0.2, 0.25) is 0 Å². The van der Waals surface area contributed by atoms with Crippen molar-refractivity contribution >= 4 is 5.78 Å². The maximum Gasteiger partial charge on any atom is 0.161 e. The Hall–Kier alpha value is -0.370. The molecule has 4 aliphatic carbocycles. The van der Waals surface area contributed by atoms with E-state index in [1.165, 1.54) is 57.8 Å². The lowest BCUT2D eigenvalue weighted by molar-refractivity contribution is -0.142. The Morgan fingerprint density at radius 3 is 2.56 bits per heavy atom. The van der Waals surface area contributed by atoms with Crippen LogP contribution in [-0.2, 0) is 4.79 Å². The van der Waals surface area contributed by atoms with E-state index in [-0.39, 0.29) is 23.7 Å². The Morgan fingerprint density at radius 2 is 1.84 bits per heavy atom. The first-order valence-electron chi connectivity index (χ1n) is 11.1. The van der Waals surface area contributed by atoms with Crippen LogP contribution in [0.3, 0.4) is 0 Å². The van der Waals surface area contributed by atoms with Gasteiger partial charge in [-0.1, -0.05) is 27.2 Å². The molecule has 0 aliphatic heterocycles. The summed E-state index contributed by atoms with van der Waals surface area (Å²) in [5, 5.41) is 9.44. The maximum absolute atomic E-state index is 12.4. The molecule has 4 saturated carbocycles. The summed E-state index contributed by atoms with van der Waals surface area (Å²) < 4.78 is 0. The molecular weight excluding hydrogens is 308 g/mol. The number of aliphatic hydroxyl groups is 1. The van der Waals surface area contributed by atoms with E-state index in [0.29, 0.717) is 5.41 Å². The fourth-order valence-corrected chi connectivity index (χ4v) is 8.62. The molecule has 4 rings (SSSR count). The highest BCUT2D eigenvalue weighted by molar-refractivity contribution is 5.83. The van der Waals surface area contributed by atoms with Crippen molar-refractivity contribution in [3.05, 3.63) is 0 Å². The van der Waals surface area contributed by atoms with Gasteiger partial charge in [0.2, 0.25) is 0 Å². The lowest BCUT2D eigenvalue weighted by Crippen LogP contribution is -2.54. The number of hydrogen-bond donors (Lipinski definition) is 1. The molecule has 8 atom stereocenters. The quantitative estimate of drug-likeness (QED) is 0.759. The topological polar surface area (TPSA) is 37.3 Å². The fourth-order valence-electron chi connectivity index (χ4n) is 8.62. The molecule has 0 radical (unpaired) electrons. The zero-order valence-electron chi connectivity index (χ0n) is 16.6. The van der Waals surface area contributed by atoms with Crippen LogP contribution in [0.4, 0.5) is 0 Å². The zero-order chi connectivity index (χ0) is 17.8. The van der Waals surface area contributed by atoms with Gasteiger partial charge >= 0.3 is 0 Å². The number of rotatable bonds is 3. The zero-order valence-corrected chi connectivity index (χ0v) is 16.6. The van der Waals surface area contributed by atoms with Crippen molar-refractivity contribution in [1.82, 2.24) is 0 Å². The molecule has 0 aromatic heterocycles. The number of Topliss-reactive ketones (excluding diaryl/α,β-unsaturated/α-hetero) is 1. The predicted octanol–water partition coefficient (Wildman–Crippen LogP) is 5.23. The van der Waals surface area contributed by atoms with Gasteiger partial charge < -0.3 is 5.11 Å². The van der Waals surface area contributed by atoms with Crippen LogP contribution in [0, 0.1) is 46.3 Å². The van der Waals surface area contributed by atoms with Crippen LogP contribution in [0.5, 0.6) is 0 Å². The van der Waals surface area contributed by atoms with E-state index in [9.17, 15) is 9.90 Å². The van der Waals surface area contributed by atoms with Crippen LogP contribution in [0.25, 0.3) is 0 Å². The molecule has 0 bridgehead atoms. The minimum absolute atomic E-state index is 0.119. The summed E-state index contributed by atoms with van der Waals surface area (Å²) in [5.41, 5.74) is 0.778. The summed E-state index contributed by atoms with van der Waals surface area (Å²) in [4.78, 5) is 12.4. The molecule has 2 nitrogen and oxygen atoms in total. The van der Waals surface area contributed by atoms with Crippen molar-refractivity contribution in [2.24, 2.45) is 46.3 Å². The second-order valence-electron chi connectivity index (χ2n) is 10.4.